The number of rotatable bonds is 18. The van der Waals surface area contributed by atoms with Crippen LogP contribution >= 0.6 is 0 Å². The summed E-state index contributed by atoms with van der Waals surface area (Å²) < 4.78 is 11.1. The van der Waals surface area contributed by atoms with Gasteiger partial charge in [0.25, 0.3) is 0 Å². The maximum atomic E-state index is 11.7. The van der Waals surface area contributed by atoms with E-state index >= 15 is 0 Å². The van der Waals surface area contributed by atoms with Crippen LogP contribution < -0.4 is 0 Å². The van der Waals surface area contributed by atoms with Gasteiger partial charge in [0.15, 0.2) is 0 Å². The van der Waals surface area contributed by atoms with E-state index in [1.54, 1.807) is 18.9 Å². The van der Waals surface area contributed by atoms with Crippen LogP contribution in [0.25, 0.3) is 0 Å². The average molecular weight is 414 g/mol. The SMILES string of the molecule is CCC(=O)OC(CC)C(CC(CC=O)CC(C)CCN(C=O)CCC(C)=O)OC. The summed E-state index contributed by atoms with van der Waals surface area (Å²) in [4.78, 5) is 46.7. The Morgan fingerprint density at radius 2 is 1.76 bits per heavy atom. The van der Waals surface area contributed by atoms with Gasteiger partial charge in [-0.15, -0.1) is 0 Å². The van der Waals surface area contributed by atoms with Crippen molar-refractivity contribution in [3.8, 4) is 0 Å². The van der Waals surface area contributed by atoms with Crippen molar-refractivity contribution in [2.75, 3.05) is 20.2 Å². The zero-order chi connectivity index (χ0) is 22.2. The third-order valence-electron chi connectivity index (χ3n) is 5.23. The summed E-state index contributed by atoms with van der Waals surface area (Å²) in [6.45, 7) is 8.35. The minimum atomic E-state index is -0.325. The fraction of sp³-hybridized carbons (Fsp3) is 0.818. The summed E-state index contributed by atoms with van der Waals surface area (Å²) in [5.74, 6) is 0.230. The van der Waals surface area contributed by atoms with Gasteiger partial charge in [0, 0.05) is 39.5 Å². The fourth-order valence-corrected chi connectivity index (χ4v) is 3.42. The maximum Gasteiger partial charge on any atom is 0.305 e. The summed E-state index contributed by atoms with van der Waals surface area (Å²) in [5, 5.41) is 0. The highest BCUT2D eigenvalue weighted by Crippen LogP contribution is 2.26. The quantitative estimate of drug-likeness (QED) is 0.253. The van der Waals surface area contributed by atoms with E-state index in [0.717, 1.165) is 25.5 Å². The van der Waals surface area contributed by atoms with Crippen molar-refractivity contribution in [2.45, 2.75) is 84.8 Å². The smallest absolute Gasteiger partial charge is 0.305 e. The average Bonchev–Trinajstić information content (AvgIpc) is 2.70. The Bertz CT molecular complexity index is 496. The highest BCUT2D eigenvalue weighted by Gasteiger charge is 2.27. The molecule has 29 heavy (non-hydrogen) atoms. The Kier molecular flexibility index (Phi) is 15.1. The van der Waals surface area contributed by atoms with Gasteiger partial charge in [0.2, 0.25) is 6.41 Å². The van der Waals surface area contributed by atoms with Crippen LogP contribution in [0, 0.1) is 11.8 Å². The molecule has 0 bridgehead atoms. The van der Waals surface area contributed by atoms with E-state index in [1.807, 2.05) is 6.92 Å². The molecule has 0 heterocycles. The molecule has 0 aliphatic rings. The van der Waals surface area contributed by atoms with Gasteiger partial charge in [-0.25, -0.2) is 0 Å². The summed E-state index contributed by atoms with van der Waals surface area (Å²) in [6.07, 6.45) is 5.13. The second-order valence-corrected chi connectivity index (χ2v) is 7.79. The molecule has 0 aliphatic heterocycles. The van der Waals surface area contributed by atoms with E-state index in [4.69, 9.17) is 9.47 Å². The predicted octanol–water partition coefficient (Wildman–Crippen LogP) is 3.18. The van der Waals surface area contributed by atoms with E-state index in [9.17, 15) is 19.2 Å². The van der Waals surface area contributed by atoms with Crippen molar-refractivity contribution >= 4 is 24.4 Å². The Morgan fingerprint density at radius 3 is 2.24 bits per heavy atom. The first kappa shape index (κ1) is 27.2. The largest absolute Gasteiger partial charge is 0.460 e. The molecule has 0 radical (unpaired) electrons. The summed E-state index contributed by atoms with van der Waals surface area (Å²) >= 11 is 0. The molecule has 0 aromatic heterocycles. The number of ether oxygens (including phenoxy) is 2. The maximum absolute atomic E-state index is 11.7. The van der Waals surface area contributed by atoms with Crippen molar-refractivity contribution < 1.29 is 28.7 Å². The lowest BCUT2D eigenvalue weighted by Crippen LogP contribution is -2.34. The molecule has 168 valence electrons. The minimum Gasteiger partial charge on any atom is -0.460 e. The van der Waals surface area contributed by atoms with Crippen LogP contribution in [-0.4, -0.2) is 61.8 Å². The van der Waals surface area contributed by atoms with Gasteiger partial charge in [0.1, 0.15) is 18.2 Å². The topological polar surface area (TPSA) is 90.0 Å². The van der Waals surface area contributed by atoms with E-state index in [-0.39, 0.29) is 29.9 Å². The number of Topliss-reactive ketones (excluding diaryl/α,β-unsaturated/α-hetero) is 1. The monoisotopic (exact) mass is 413 g/mol. The number of carbonyl (C=O) groups is 4. The van der Waals surface area contributed by atoms with E-state index in [1.165, 1.54) is 6.92 Å². The Morgan fingerprint density at radius 1 is 1.07 bits per heavy atom. The van der Waals surface area contributed by atoms with Crippen LogP contribution in [0.2, 0.25) is 0 Å². The lowest BCUT2D eigenvalue weighted by atomic mass is 9.86. The summed E-state index contributed by atoms with van der Waals surface area (Å²) in [7, 11) is 1.60. The summed E-state index contributed by atoms with van der Waals surface area (Å²) in [6, 6.07) is 0. The third kappa shape index (κ3) is 12.4. The van der Waals surface area contributed by atoms with Crippen LogP contribution in [-0.2, 0) is 28.7 Å². The van der Waals surface area contributed by atoms with Gasteiger partial charge in [-0.1, -0.05) is 20.8 Å². The molecule has 0 aliphatic carbocycles. The van der Waals surface area contributed by atoms with Gasteiger partial charge >= 0.3 is 5.97 Å². The lowest BCUT2D eigenvalue weighted by molar-refractivity contribution is -0.157. The van der Waals surface area contributed by atoms with Crippen molar-refractivity contribution in [1.29, 1.82) is 0 Å². The Labute approximate surface area is 175 Å². The number of hydrogen-bond acceptors (Lipinski definition) is 6. The number of methoxy groups -OCH3 is 1. The molecule has 0 rings (SSSR count). The molecule has 0 aromatic carbocycles. The van der Waals surface area contributed by atoms with Crippen molar-refractivity contribution in [3.63, 3.8) is 0 Å². The second-order valence-electron chi connectivity index (χ2n) is 7.79. The molecule has 4 unspecified atom stereocenters. The summed E-state index contributed by atoms with van der Waals surface area (Å²) in [5.41, 5.74) is 0. The molecule has 0 aromatic rings. The molecule has 0 saturated heterocycles. The van der Waals surface area contributed by atoms with Crippen LogP contribution in [0.4, 0.5) is 0 Å². The molecule has 0 saturated carbocycles. The lowest BCUT2D eigenvalue weighted by Gasteiger charge is -2.29. The molecule has 0 spiro atoms. The molecule has 7 heteroatoms. The molecule has 0 fully saturated rings. The van der Waals surface area contributed by atoms with E-state index in [0.29, 0.717) is 51.1 Å². The van der Waals surface area contributed by atoms with Crippen molar-refractivity contribution in [3.05, 3.63) is 0 Å². The standard InChI is InChI=1S/C22H39NO6/c1-6-20(29-22(27)7-2)21(28-5)15-19(10-13-24)14-17(3)8-11-23(16-25)12-9-18(4)26/h13,16-17,19-21H,6-12,14-15H2,1-5H3. The molecule has 7 nitrogen and oxygen atoms in total. The van der Waals surface area contributed by atoms with Gasteiger partial charge in [-0.05, 0) is 44.4 Å². The van der Waals surface area contributed by atoms with Crippen LogP contribution in [0.3, 0.4) is 0 Å². The number of esters is 1. The highest BCUT2D eigenvalue weighted by atomic mass is 16.6. The van der Waals surface area contributed by atoms with Crippen LogP contribution in [0.15, 0.2) is 0 Å². The van der Waals surface area contributed by atoms with E-state index < -0.39 is 0 Å². The molecule has 0 N–H and O–H groups in total. The number of ketones is 1. The van der Waals surface area contributed by atoms with E-state index in [2.05, 4.69) is 6.92 Å². The second kappa shape index (κ2) is 16.1. The predicted molar refractivity (Wildman–Crippen MR) is 111 cm³/mol. The van der Waals surface area contributed by atoms with Crippen molar-refractivity contribution in [1.82, 2.24) is 4.90 Å². The number of aldehydes is 1. The fourth-order valence-electron chi connectivity index (χ4n) is 3.42. The van der Waals surface area contributed by atoms with Crippen LogP contribution in [0.1, 0.15) is 72.6 Å². The first-order chi connectivity index (χ1) is 13.8. The van der Waals surface area contributed by atoms with Gasteiger partial charge < -0.3 is 19.2 Å². The zero-order valence-electron chi connectivity index (χ0n) is 18.7. The van der Waals surface area contributed by atoms with Gasteiger partial charge in [0.05, 0.1) is 6.10 Å². The zero-order valence-corrected chi connectivity index (χ0v) is 18.7. The Balaban J connectivity index is 4.76. The number of carbonyl (C=O) groups excluding carboxylic acids is 4. The number of nitrogens with zero attached hydrogens (tertiary/aromatic N) is 1. The molecular weight excluding hydrogens is 374 g/mol. The van der Waals surface area contributed by atoms with Gasteiger partial charge in [-0.3, -0.25) is 14.4 Å². The molecule has 4 atom stereocenters. The first-order valence-electron chi connectivity index (χ1n) is 10.7. The highest BCUT2D eigenvalue weighted by molar-refractivity contribution is 5.75. The number of hydrogen-bond donors (Lipinski definition) is 0. The first-order valence-corrected chi connectivity index (χ1v) is 10.7. The minimum absolute atomic E-state index is 0.0656. The Hall–Kier alpha value is -1.76. The normalized spacial score (nSPS) is 15.1. The molecular formula is C22H39NO6. The van der Waals surface area contributed by atoms with Crippen LogP contribution in [0.5, 0.6) is 0 Å². The molecule has 1 amide bonds. The third-order valence-corrected chi connectivity index (χ3v) is 5.23. The van der Waals surface area contributed by atoms with Gasteiger partial charge in [-0.2, -0.15) is 0 Å². The van der Waals surface area contributed by atoms with Crippen molar-refractivity contribution in [2.24, 2.45) is 11.8 Å². The number of amides is 1.